The van der Waals surface area contributed by atoms with Crippen molar-refractivity contribution in [2.24, 2.45) is 5.92 Å². The van der Waals surface area contributed by atoms with Crippen LogP contribution >= 0.6 is 11.8 Å². The number of aliphatic hydroxyl groups is 3. The van der Waals surface area contributed by atoms with Crippen LogP contribution in [0.15, 0.2) is 12.5 Å². The van der Waals surface area contributed by atoms with Gasteiger partial charge in [0.05, 0.1) is 17.9 Å². The van der Waals surface area contributed by atoms with Crippen molar-refractivity contribution < 1.29 is 25.2 Å². The van der Waals surface area contributed by atoms with Crippen LogP contribution in [0.4, 0.5) is 4.79 Å². The van der Waals surface area contributed by atoms with Crippen molar-refractivity contribution in [3.63, 3.8) is 0 Å². The summed E-state index contributed by atoms with van der Waals surface area (Å²) < 4.78 is 1.05. The molecule has 0 amide bonds. The van der Waals surface area contributed by atoms with Gasteiger partial charge in [-0.05, 0) is 25.7 Å². The van der Waals surface area contributed by atoms with Crippen molar-refractivity contribution in [2.75, 3.05) is 0 Å². The molecule has 1 saturated heterocycles. The monoisotopic (exact) mass is 413 g/mol. The van der Waals surface area contributed by atoms with Gasteiger partial charge >= 0.3 is 6.09 Å². The molecule has 0 bridgehead atoms. The second-order valence-electron chi connectivity index (χ2n) is 8.16. The van der Waals surface area contributed by atoms with Gasteiger partial charge in [0.1, 0.15) is 12.4 Å². The van der Waals surface area contributed by atoms with Gasteiger partial charge in [-0.15, -0.1) is 11.8 Å². The molecule has 2 aliphatic rings. The molecule has 1 saturated carbocycles. The summed E-state index contributed by atoms with van der Waals surface area (Å²) in [4.78, 5) is 15.1. The third-order valence-corrected chi connectivity index (χ3v) is 7.65. The number of rotatable bonds is 5. The van der Waals surface area contributed by atoms with Gasteiger partial charge in [-0.3, -0.25) is 0 Å². The molecule has 2 heterocycles. The van der Waals surface area contributed by atoms with Gasteiger partial charge in [-0.25, -0.2) is 14.3 Å². The van der Waals surface area contributed by atoms with Crippen LogP contribution < -0.4 is 5.32 Å². The van der Waals surface area contributed by atoms with Crippen molar-refractivity contribution in [3.05, 3.63) is 18.2 Å². The Morgan fingerprint density at radius 3 is 2.68 bits per heavy atom. The van der Waals surface area contributed by atoms with Crippen molar-refractivity contribution >= 4 is 17.9 Å². The Bertz CT molecular complexity index is 672. The van der Waals surface area contributed by atoms with Crippen molar-refractivity contribution in [2.45, 2.75) is 86.8 Å². The lowest BCUT2D eigenvalue weighted by molar-refractivity contribution is -0.0722. The minimum atomic E-state index is -1.11. The fourth-order valence-corrected chi connectivity index (χ4v) is 6.18. The highest BCUT2D eigenvalue weighted by molar-refractivity contribution is 8.00. The first-order valence-corrected chi connectivity index (χ1v) is 10.9. The molecule has 1 aliphatic heterocycles. The van der Waals surface area contributed by atoms with E-state index in [9.17, 15) is 20.1 Å². The standard InChI is InChI=1S/C19H31N3O5S/c1-10(7-12-8-22(9-20-12)19(26)27)21-14-6-4-3-5-13(14)18-17(25)16(24)15(23)11(2)28-18/h8-11,13-18,21,23-25H,3-7H2,1-2H3,(H,26,27)/t10-,11+,13?,14?,15-,16-,17+,18+/m1/s1. The summed E-state index contributed by atoms with van der Waals surface area (Å²) in [5.74, 6) is 0.206. The number of aliphatic hydroxyl groups excluding tert-OH is 3. The Morgan fingerprint density at radius 1 is 1.29 bits per heavy atom. The number of aromatic nitrogens is 2. The van der Waals surface area contributed by atoms with Gasteiger partial charge in [0, 0.05) is 35.2 Å². The summed E-state index contributed by atoms with van der Waals surface area (Å²) in [6.07, 6.45) is 3.61. The van der Waals surface area contributed by atoms with E-state index < -0.39 is 24.4 Å². The Kier molecular flexibility index (Phi) is 7.03. The number of hydrogen-bond acceptors (Lipinski definition) is 7. The highest BCUT2D eigenvalue weighted by Crippen LogP contribution is 2.42. The lowest BCUT2D eigenvalue weighted by Crippen LogP contribution is -2.58. The molecule has 8 atom stereocenters. The zero-order valence-corrected chi connectivity index (χ0v) is 17.1. The van der Waals surface area contributed by atoms with Crippen LogP contribution in [-0.2, 0) is 6.42 Å². The molecular formula is C19H31N3O5S. The number of imidazole rings is 1. The molecule has 0 radical (unpaired) electrons. The third-order valence-electron chi connectivity index (χ3n) is 6.00. The number of nitrogens with zero attached hydrogens (tertiary/aromatic N) is 2. The predicted octanol–water partition coefficient (Wildman–Crippen LogP) is 1.08. The Balaban J connectivity index is 1.64. The molecule has 158 valence electrons. The summed E-state index contributed by atoms with van der Waals surface area (Å²) in [6.45, 7) is 3.95. The molecule has 28 heavy (non-hydrogen) atoms. The number of nitrogens with one attached hydrogen (secondary N) is 1. The van der Waals surface area contributed by atoms with Crippen LogP contribution in [0.3, 0.4) is 0 Å². The van der Waals surface area contributed by atoms with Crippen LogP contribution in [0.1, 0.15) is 45.2 Å². The minimum absolute atomic E-state index is 0.0985. The molecule has 1 aromatic heterocycles. The fraction of sp³-hybridized carbons (Fsp3) is 0.789. The maximum atomic E-state index is 11.0. The lowest BCUT2D eigenvalue weighted by Gasteiger charge is -2.46. The molecule has 2 fully saturated rings. The summed E-state index contributed by atoms with van der Waals surface area (Å²) in [7, 11) is 0. The smallest absolute Gasteiger partial charge is 0.416 e. The van der Waals surface area contributed by atoms with Gasteiger partial charge in [0.25, 0.3) is 0 Å². The number of hydrogen-bond donors (Lipinski definition) is 5. The van der Waals surface area contributed by atoms with E-state index in [0.717, 1.165) is 30.3 Å². The minimum Gasteiger partial charge on any atom is -0.464 e. The number of carboxylic acid groups (broad SMARTS) is 1. The molecule has 3 rings (SSSR count). The van der Waals surface area contributed by atoms with E-state index in [1.54, 1.807) is 11.8 Å². The van der Waals surface area contributed by atoms with E-state index in [-0.39, 0.29) is 28.5 Å². The number of carbonyl (C=O) groups is 1. The highest BCUT2D eigenvalue weighted by atomic mass is 32.2. The molecule has 1 aromatic rings. The van der Waals surface area contributed by atoms with E-state index in [4.69, 9.17) is 5.11 Å². The topological polar surface area (TPSA) is 128 Å². The van der Waals surface area contributed by atoms with Gasteiger partial charge in [0.2, 0.25) is 0 Å². The van der Waals surface area contributed by atoms with Crippen molar-refractivity contribution in [1.29, 1.82) is 0 Å². The quantitative estimate of drug-likeness (QED) is 0.485. The summed E-state index contributed by atoms with van der Waals surface area (Å²) in [6, 6.07) is 0.300. The third kappa shape index (κ3) is 4.71. The largest absolute Gasteiger partial charge is 0.464 e. The van der Waals surface area contributed by atoms with Crippen LogP contribution in [0.25, 0.3) is 0 Å². The number of thioether (sulfide) groups is 1. The Hall–Kier alpha value is -1.13. The van der Waals surface area contributed by atoms with Crippen molar-refractivity contribution in [3.8, 4) is 0 Å². The maximum absolute atomic E-state index is 11.0. The normalized spacial score (nSPS) is 37.5. The Morgan fingerprint density at radius 2 is 2.00 bits per heavy atom. The molecule has 9 heteroatoms. The van der Waals surface area contributed by atoms with Crippen LogP contribution in [0.2, 0.25) is 0 Å². The predicted molar refractivity (Wildman–Crippen MR) is 107 cm³/mol. The van der Waals surface area contributed by atoms with Gasteiger partial charge in [-0.1, -0.05) is 19.8 Å². The highest BCUT2D eigenvalue weighted by Gasteiger charge is 2.46. The van der Waals surface area contributed by atoms with Gasteiger partial charge in [0.15, 0.2) is 0 Å². The molecule has 1 aliphatic carbocycles. The SMILES string of the molecule is C[C@H](Cc1cn(C(=O)O)cn1)NC1CCCCC1[C@@H]1S[C@@H](C)[C@@H](O)[C@@H](O)[C@@H]1O. The molecule has 0 spiro atoms. The average Bonchev–Trinajstić information content (AvgIpc) is 3.12. The van der Waals surface area contributed by atoms with E-state index in [1.165, 1.54) is 12.5 Å². The first-order valence-electron chi connectivity index (χ1n) is 9.99. The molecule has 5 N–H and O–H groups in total. The van der Waals surface area contributed by atoms with E-state index in [1.807, 2.05) is 6.92 Å². The molecular weight excluding hydrogens is 382 g/mol. The molecule has 8 nitrogen and oxygen atoms in total. The zero-order chi connectivity index (χ0) is 20.4. The molecule has 2 unspecified atom stereocenters. The Labute approximate surface area is 169 Å². The van der Waals surface area contributed by atoms with E-state index in [2.05, 4.69) is 17.2 Å². The summed E-state index contributed by atoms with van der Waals surface area (Å²) >= 11 is 1.57. The maximum Gasteiger partial charge on any atom is 0.416 e. The summed E-state index contributed by atoms with van der Waals surface area (Å²) in [5, 5.41) is 43.3. The van der Waals surface area contributed by atoms with Crippen molar-refractivity contribution in [1.82, 2.24) is 14.9 Å². The summed E-state index contributed by atoms with van der Waals surface area (Å²) in [5.41, 5.74) is 0.717. The zero-order valence-electron chi connectivity index (χ0n) is 16.3. The first-order chi connectivity index (χ1) is 13.3. The van der Waals surface area contributed by atoms with E-state index in [0.29, 0.717) is 12.1 Å². The van der Waals surface area contributed by atoms with Crippen LogP contribution in [-0.4, -0.2) is 77.0 Å². The molecule has 0 aromatic carbocycles. The average molecular weight is 414 g/mol. The van der Waals surface area contributed by atoms with Crippen LogP contribution in [0, 0.1) is 5.92 Å². The fourth-order valence-electron chi connectivity index (χ4n) is 4.51. The second-order valence-corrected chi connectivity index (χ2v) is 9.72. The van der Waals surface area contributed by atoms with Gasteiger partial charge in [-0.2, -0.15) is 0 Å². The lowest BCUT2D eigenvalue weighted by atomic mass is 9.79. The van der Waals surface area contributed by atoms with Crippen LogP contribution in [0.5, 0.6) is 0 Å². The van der Waals surface area contributed by atoms with Gasteiger partial charge < -0.3 is 25.7 Å². The van der Waals surface area contributed by atoms with E-state index >= 15 is 0 Å². The second kappa shape index (κ2) is 9.13. The first kappa shape index (κ1) is 21.6.